The number of thioether (sulfide) groups is 1. The van der Waals surface area contributed by atoms with Crippen molar-refractivity contribution in [1.82, 2.24) is 20.2 Å². The van der Waals surface area contributed by atoms with Crippen LogP contribution in [0, 0.1) is 23.3 Å². The number of H-pyrrole nitrogens is 1. The lowest BCUT2D eigenvalue weighted by Crippen LogP contribution is -2.24. The van der Waals surface area contributed by atoms with E-state index >= 15 is 0 Å². The van der Waals surface area contributed by atoms with Crippen LogP contribution in [0.15, 0.2) is 35.5 Å². The molecule has 2 N–H and O–H groups in total. The van der Waals surface area contributed by atoms with E-state index in [9.17, 15) is 22.4 Å². The summed E-state index contributed by atoms with van der Waals surface area (Å²) < 4.78 is 54.0. The number of aromatic nitrogens is 4. The van der Waals surface area contributed by atoms with Crippen LogP contribution in [0.1, 0.15) is 6.92 Å². The van der Waals surface area contributed by atoms with Crippen LogP contribution in [0.5, 0.6) is 0 Å². The first-order valence-electron chi connectivity index (χ1n) is 8.27. The van der Waals surface area contributed by atoms with Crippen LogP contribution in [0.25, 0.3) is 22.1 Å². The predicted octanol–water partition coefficient (Wildman–Crippen LogP) is 4.18. The smallest absolute Gasteiger partial charge is 0.237 e. The lowest BCUT2D eigenvalue weighted by molar-refractivity contribution is -0.115. The number of para-hydroxylation sites is 1. The summed E-state index contributed by atoms with van der Waals surface area (Å²) in [6.07, 6.45) is 0. The standard InChI is InChI=1S/C18H11F4N5OS/c1-7(17(28)24-15-12(21)9(19)6-10(20)13(15)22)29-18-25-16-14(26-27-18)8-4-2-3-5-11(8)23-16/h2-7H,1H3,(H,24,28)(H,23,25,27). The molecule has 0 spiro atoms. The molecule has 1 atom stereocenters. The Morgan fingerprint density at radius 1 is 1.10 bits per heavy atom. The first-order valence-corrected chi connectivity index (χ1v) is 9.14. The number of anilines is 1. The zero-order valence-corrected chi connectivity index (χ0v) is 15.5. The van der Waals surface area contributed by atoms with Crippen molar-refractivity contribution in [2.24, 2.45) is 0 Å². The van der Waals surface area contributed by atoms with Crippen molar-refractivity contribution in [3.63, 3.8) is 0 Å². The van der Waals surface area contributed by atoms with Gasteiger partial charge in [0.1, 0.15) is 11.2 Å². The monoisotopic (exact) mass is 421 g/mol. The molecule has 4 aromatic rings. The zero-order chi connectivity index (χ0) is 20.7. The largest absolute Gasteiger partial charge is 0.338 e. The Morgan fingerprint density at radius 2 is 1.79 bits per heavy atom. The van der Waals surface area contributed by atoms with Gasteiger partial charge in [0.15, 0.2) is 28.9 Å². The van der Waals surface area contributed by atoms with Crippen LogP contribution in [0.3, 0.4) is 0 Å². The molecule has 1 amide bonds. The molecule has 0 aliphatic carbocycles. The van der Waals surface area contributed by atoms with Gasteiger partial charge in [-0.15, -0.1) is 10.2 Å². The van der Waals surface area contributed by atoms with Crippen LogP contribution < -0.4 is 5.32 Å². The van der Waals surface area contributed by atoms with E-state index in [-0.39, 0.29) is 11.2 Å². The Labute approximate surface area is 164 Å². The number of fused-ring (bicyclic) bond motifs is 3. The molecule has 0 aliphatic heterocycles. The van der Waals surface area contributed by atoms with E-state index in [2.05, 4.69) is 20.2 Å². The quantitative estimate of drug-likeness (QED) is 0.293. The zero-order valence-electron chi connectivity index (χ0n) is 14.6. The third-order valence-electron chi connectivity index (χ3n) is 4.11. The molecule has 1 unspecified atom stereocenters. The summed E-state index contributed by atoms with van der Waals surface area (Å²) in [5, 5.41) is 9.96. The molecule has 0 aliphatic rings. The number of hydrogen-bond acceptors (Lipinski definition) is 5. The summed E-state index contributed by atoms with van der Waals surface area (Å²) in [5.41, 5.74) is 0.642. The highest BCUT2D eigenvalue weighted by Gasteiger charge is 2.24. The Hall–Kier alpha value is -3.21. The van der Waals surface area contributed by atoms with Crippen molar-refractivity contribution in [1.29, 1.82) is 0 Å². The van der Waals surface area contributed by atoms with Crippen LogP contribution in [-0.2, 0) is 4.79 Å². The molecule has 0 radical (unpaired) electrons. The number of carbonyl (C=O) groups is 1. The number of hydrogen-bond donors (Lipinski definition) is 2. The van der Waals surface area contributed by atoms with Gasteiger partial charge in [0.2, 0.25) is 11.1 Å². The Morgan fingerprint density at radius 3 is 2.52 bits per heavy atom. The fourth-order valence-electron chi connectivity index (χ4n) is 2.68. The molecular weight excluding hydrogens is 410 g/mol. The van der Waals surface area contributed by atoms with Gasteiger partial charge in [-0.1, -0.05) is 30.0 Å². The summed E-state index contributed by atoms with van der Waals surface area (Å²) in [7, 11) is 0. The normalized spacial score (nSPS) is 12.4. The highest BCUT2D eigenvalue weighted by molar-refractivity contribution is 8.00. The van der Waals surface area contributed by atoms with E-state index in [1.165, 1.54) is 6.92 Å². The van der Waals surface area contributed by atoms with Crippen molar-refractivity contribution in [2.45, 2.75) is 17.3 Å². The van der Waals surface area contributed by atoms with Gasteiger partial charge >= 0.3 is 0 Å². The third kappa shape index (κ3) is 3.48. The molecule has 6 nitrogen and oxygen atoms in total. The minimum absolute atomic E-state index is 0.0631. The molecule has 148 valence electrons. The molecule has 11 heteroatoms. The second-order valence-corrected chi connectivity index (χ2v) is 7.36. The van der Waals surface area contributed by atoms with E-state index in [1.807, 2.05) is 29.6 Å². The first-order chi connectivity index (χ1) is 13.8. The maximum atomic E-state index is 13.7. The third-order valence-corrected chi connectivity index (χ3v) is 5.07. The molecule has 0 saturated carbocycles. The van der Waals surface area contributed by atoms with Gasteiger partial charge in [-0.05, 0) is 13.0 Å². The van der Waals surface area contributed by atoms with Crippen molar-refractivity contribution >= 4 is 45.4 Å². The topological polar surface area (TPSA) is 83.6 Å². The van der Waals surface area contributed by atoms with Gasteiger partial charge in [0.05, 0.1) is 5.25 Å². The maximum Gasteiger partial charge on any atom is 0.237 e. The van der Waals surface area contributed by atoms with Gasteiger partial charge in [-0.2, -0.15) is 0 Å². The fraction of sp³-hybridized carbons (Fsp3) is 0.111. The number of nitrogens with zero attached hydrogens (tertiary/aromatic N) is 3. The number of nitrogens with one attached hydrogen (secondary N) is 2. The molecule has 0 fully saturated rings. The Balaban J connectivity index is 1.55. The van der Waals surface area contributed by atoms with Crippen LogP contribution in [-0.4, -0.2) is 31.3 Å². The summed E-state index contributed by atoms with van der Waals surface area (Å²) >= 11 is 0.867. The second-order valence-electron chi connectivity index (χ2n) is 6.05. The molecule has 4 rings (SSSR count). The summed E-state index contributed by atoms with van der Waals surface area (Å²) in [6, 6.07) is 7.46. The van der Waals surface area contributed by atoms with Gasteiger partial charge in [-0.25, -0.2) is 22.5 Å². The fourth-order valence-corrected chi connectivity index (χ4v) is 3.39. The Bertz CT molecular complexity index is 1240. The number of halogens is 4. The van der Waals surface area contributed by atoms with Gasteiger partial charge in [0.25, 0.3) is 0 Å². The van der Waals surface area contributed by atoms with E-state index in [4.69, 9.17) is 0 Å². The maximum absolute atomic E-state index is 13.7. The average Bonchev–Trinajstić information content (AvgIpc) is 3.07. The average molecular weight is 421 g/mol. The molecule has 2 aromatic heterocycles. The van der Waals surface area contributed by atoms with E-state index in [1.54, 1.807) is 0 Å². The lowest BCUT2D eigenvalue weighted by atomic mass is 10.2. The molecule has 2 heterocycles. The van der Waals surface area contributed by atoms with Crippen molar-refractivity contribution in [3.8, 4) is 0 Å². The van der Waals surface area contributed by atoms with Crippen LogP contribution >= 0.6 is 11.8 Å². The minimum Gasteiger partial charge on any atom is -0.338 e. The van der Waals surface area contributed by atoms with Crippen molar-refractivity contribution in [3.05, 3.63) is 53.6 Å². The Kier molecular flexibility index (Phi) is 4.82. The molecular formula is C18H11F4N5OS. The van der Waals surface area contributed by atoms with Crippen LogP contribution in [0.4, 0.5) is 23.2 Å². The summed E-state index contributed by atoms with van der Waals surface area (Å²) in [5.74, 6) is -7.50. The molecule has 2 aromatic carbocycles. The van der Waals surface area contributed by atoms with Crippen LogP contribution in [0.2, 0.25) is 0 Å². The molecule has 0 bridgehead atoms. The van der Waals surface area contributed by atoms with Gasteiger partial charge in [0, 0.05) is 17.0 Å². The van der Waals surface area contributed by atoms with Gasteiger partial charge in [-0.3, -0.25) is 4.79 Å². The molecule has 0 saturated heterocycles. The SMILES string of the molecule is CC(Sc1nnc2c(n1)[nH]c1ccccc12)C(=O)Nc1c(F)c(F)cc(F)c1F. The number of aromatic amines is 1. The van der Waals surface area contributed by atoms with E-state index in [0.29, 0.717) is 11.2 Å². The second kappa shape index (κ2) is 7.32. The first kappa shape index (κ1) is 19.1. The van der Waals surface area contributed by atoms with E-state index in [0.717, 1.165) is 22.7 Å². The van der Waals surface area contributed by atoms with E-state index < -0.39 is 40.1 Å². The highest BCUT2D eigenvalue weighted by atomic mass is 32.2. The summed E-state index contributed by atoms with van der Waals surface area (Å²) in [4.78, 5) is 19.6. The van der Waals surface area contributed by atoms with Crippen molar-refractivity contribution < 1.29 is 22.4 Å². The number of carbonyl (C=O) groups excluding carboxylic acids is 1. The number of rotatable bonds is 4. The minimum atomic E-state index is -1.69. The number of benzene rings is 2. The summed E-state index contributed by atoms with van der Waals surface area (Å²) in [6.45, 7) is 1.42. The lowest BCUT2D eigenvalue weighted by Gasteiger charge is -2.12. The number of amides is 1. The highest BCUT2D eigenvalue weighted by Crippen LogP contribution is 2.27. The van der Waals surface area contributed by atoms with Crippen molar-refractivity contribution in [2.75, 3.05) is 5.32 Å². The van der Waals surface area contributed by atoms with Gasteiger partial charge < -0.3 is 10.3 Å². The predicted molar refractivity (Wildman–Crippen MR) is 99.4 cm³/mol. The molecule has 29 heavy (non-hydrogen) atoms.